The number of carbonyl (C=O) groups excluding carboxylic acids is 2. The standard InChI is InChI=1S/C30H51NO3/c1-2-3-4-5-6-7-8-9-10-11-12-13-14-18-26-31-29(32)24-19-25-30(33)34-27-20-23-28-21-16-15-17-22-28/h15-17,21-22H,2-14,18-20,23-27H2,1H3,(H,31,32). The Balaban J connectivity index is 1.79. The SMILES string of the molecule is CCCCCCCCCCCCCCCCNC(=O)CCCC(=O)OCCCc1ccccc1. The van der Waals surface area contributed by atoms with Gasteiger partial charge < -0.3 is 10.1 Å². The van der Waals surface area contributed by atoms with E-state index in [1.807, 2.05) is 18.2 Å². The number of unbranched alkanes of at least 4 members (excludes halogenated alkanes) is 13. The van der Waals surface area contributed by atoms with E-state index < -0.39 is 0 Å². The molecule has 0 aromatic heterocycles. The largest absolute Gasteiger partial charge is 0.466 e. The number of hydrogen-bond donors (Lipinski definition) is 1. The molecule has 0 aliphatic heterocycles. The number of esters is 1. The second-order valence-electron chi connectivity index (χ2n) is 9.61. The van der Waals surface area contributed by atoms with Crippen LogP contribution >= 0.6 is 0 Å². The van der Waals surface area contributed by atoms with Crippen molar-refractivity contribution in [3.05, 3.63) is 35.9 Å². The summed E-state index contributed by atoms with van der Waals surface area (Å²) in [7, 11) is 0. The van der Waals surface area contributed by atoms with Crippen LogP contribution < -0.4 is 5.32 Å². The van der Waals surface area contributed by atoms with Gasteiger partial charge in [-0.25, -0.2) is 0 Å². The van der Waals surface area contributed by atoms with E-state index in [0.717, 1.165) is 25.8 Å². The Morgan fingerprint density at radius 3 is 1.82 bits per heavy atom. The third-order valence-corrected chi connectivity index (χ3v) is 6.35. The molecular weight excluding hydrogens is 422 g/mol. The van der Waals surface area contributed by atoms with Gasteiger partial charge in [-0.2, -0.15) is 0 Å². The summed E-state index contributed by atoms with van der Waals surface area (Å²) >= 11 is 0. The Kier molecular flexibility index (Phi) is 20.4. The van der Waals surface area contributed by atoms with E-state index in [2.05, 4.69) is 24.4 Å². The van der Waals surface area contributed by atoms with Gasteiger partial charge in [0, 0.05) is 19.4 Å². The first kappa shape index (κ1) is 30.2. The molecular formula is C30H51NO3. The Labute approximate surface area is 209 Å². The molecule has 4 nitrogen and oxygen atoms in total. The van der Waals surface area contributed by atoms with Gasteiger partial charge in [0.25, 0.3) is 0 Å². The van der Waals surface area contributed by atoms with Crippen LogP contribution in [0, 0.1) is 0 Å². The van der Waals surface area contributed by atoms with Gasteiger partial charge in [-0.1, -0.05) is 121 Å². The van der Waals surface area contributed by atoms with Crippen molar-refractivity contribution in [1.29, 1.82) is 0 Å². The average molecular weight is 474 g/mol. The van der Waals surface area contributed by atoms with Gasteiger partial charge >= 0.3 is 5.97 Å². The van der Waals surface area contributed by atoms with Gasteiger partial charge in [0.15, 0.2) is 0 Å². The van der Waals surface area contributed by atoms with E-state index >= 15 is 0 Å². The van der Waals surface area contributed by atoms with Crippen molar-refractivity contribution < 1.29 is 14.3 Å². The highest BCUT2D eigenvalue weighted by Gasteiger charge is 2.06. The molecule has 1 rings (SSSR count). The molecule has 0 aliphatic rings. The molecule has 34 heavy (non-hydrogen) atoms. The smallest absolute Gasteiger partial charge is 0.305 e. The topological polar surface area (TPSA) is 55.4 Å². The Morgan fingerprint density at radius 1 is 0.676 bits per heavy atom. The molecule has 0 saturated heterocycles. The van der Waals surface area contributed by atoms with Crippen LogP contribution in [-0.2, 0) is 20.7 Å². The van der Waals surface area contributed by atoms with Crippen molar-refractivity contribution >= 4 is 11.9 Å². The molecule has 4 heteroatoms. The lowest BCUT2D eigenvalue weighted by Crippen LogP contribution is -2.24. The van der Waals surface area contributed by atoms with E-state index in [0.29, 0.717) is 25.9 Å². The number of nitrogens with one attached hydrogen (secondary N) is 1. The maximum atomic E-state index is 11.9. The van der Waals surface area contributed by atoms with Crippen molar-refractivity contribution in [1.82, 2.24) is 5.32 Å². The lowest BCUT2D eigenvalue weighted by molar-refractivity contribution is -0.143. The van der Waals surface area contributed by atoms with Crippen LogP contribution in [0.15, 0.2) is 30.3 Å². The Bertz CT molecular complexity index is 602. The number of ether oxygens (including phenoxy) is 1. The fourth-order valence-corrected chi connectivity index (χ4v) is 4.21. The molecule has 0 spiro atoms. The van der Waals surface area contributed by atoms with Crippen LogP contribution in [0.1, 0.15) is 128 Å². The number of aryl methyl sites for hydroxylation is 1. The van der Waals surface area contributed by atoms with Gasteiger partial charge in [0.1, 0.15) is 0 Å². The molecule has 1 N–H and O–H groups in total. The number of rotatable bonds is 23. The molecule has 0 fully saturated rings. The summed E-state index contributed by atoms with van der Waals surface area (Å²) in [6.45, 7) is 3.47. The van der Waals surface area contributed by atoms with Crippen molar-refractivity contribution in [3.8, 4) is 0 Å². The maximum absolute atomic E-state index is 11.9. The number of hydrogen-bond acceptors (Lipinski definition) is 3. The second-order valence-corrected chi connectivity index (χ2v) is 9.61. The summed E-state index contributed by atoms with van der Waals surface area (Å²) in [6, 6.07) is 10.2. The summed E-state index contributed by atoms with van der Waals surface area (Å²) in [6.07, 6.45) is 21.8. The zero-order chi connectivity index (χ0) is 24.5. The van der Waals surface area contributed by atoms with Gasteiger partial charge in [-0.05, 0) is 31.2 Å². The fraction of sp³-hybridized carbons (Fsp3) is 0.733. The van der Waals surface area contributed by atoms with Crippen molar-refractivity contribution in [2.45, 2.75) is 129 Å². The van der Waals surface area contributed by atoms with Crippen LogP contribution in [0.25, 0.3) is 0 Å². The monoisotopic (exact) mass is 473 g/mol. The Morgan fingerprint density at radius 2 is 1.24 bits per heavy atom. The zero-order valence-electron chi connectivity index (χ0n) is 22.0. The normalized spacial score (nSPS) is 10.9. The summed E-state index contributed by atoms with van der Waals surface area (Å²) < 4.78 is 5.27. The first-order valence-electron chi connectivity index (χ1n) is 14.2. The molecule has 1 aromatic rings. The van der Waals surface area contributed by atoms with E-state index in [4.69, 9.17) is 4.74 Å². The molecule has 0 saturated carbocycles. The molecule has 0 unspecified atom stereocenters. The van der Waals surface area contributed by atoms with Crippen LogP contribution in [0.3, 0.4) is 0 Å². The van der Waals surface area contributed by atoms with Crippen molar-refractivity contribution in [3.63, 3.8) is 0 Å². The minimum Gasteiger partial charge on any atom is -0.466 e. The molecule has 0 aliphatic carbocycles. The minimum absolute atomic E-state index is 0.0478. The first-order valence-corrected chi connectivity index (χ1v) is 14.2. The van der Waals surface area contributed by atoms with Crippen LogP contribution in [-0.4, -0.2) is 25.0 Å². The lowest BCUT2D eigenvalue weighted by atomic mass is 10.0. The predicted octanol–water partition coefficient (Wildman–Crippen LogP) is 7.93. The van der Waals surface area contributed by atoms with E-state index in [1.165, 1.54) is 89.0 Å². The minimum atomic E-state index is -0.201. The maximum Gasteiger partial charge on any atom is 0.305 e. The highest BCUT2D eigenvalue weighted by Crippen LogP contribution is 2.13. The summed E-state index contributed by atoms with van der Waals surface area (Å²) in [5, 5.41) is 2.98. The lowest BCUT2D eigenvalue weighted by Gasteiger charge is -2.07. The molecule has 0 radical (unpaired) electrons. The highest BCUT2D eigenvalue weighted by atomic mass is 16.5. The van der Waals surface area contributed by atoms with Crippen LogP contribution in [0.2, 0.25) is 0 Å². The molecule has 0 bridgehead atoms. The van der Waals surface area contributed by atoms with Gasteiger partial charge in [-0.15, -0.1) is 0 Å². The molecule has 1 aromatic carbocycles. The van der Waals surface area contributed by atoms with Gasteiger partial charge in [-0.3, -0.25) is 9.59 Å². The Hall–Kier alpha value is -1.84. The average Bonchev–Trinajstić information content (AvgIpc) is 2.85. The zero-order valence-corrected chi connectivity index (χ0v) is 22.0. The number of carbonyl (C=O) groups is 2. The van der Waals surface area contributed by atoms with E-state index in [1.54, 1.807) is 0 Å². The molecule has 0 heterocycles. The third kappa shape index (κ3) is 19.6. The van der Waals surface area contributed by atoms with Crippen LogP contribution in [0.4, 0.5) is 0 Å². The van der Waals surface area contributed by atoms with Crippen molar-refractivity contribution in [2.75, 3.05) is 13.2 Å². The molecule has 0 atom stereocenters. The fourth-order valence-electron chi connectivity index (χ4n) is 4.21. The quantitative estimate of drug-likeness (QED) is 0.130. The number of amides is 1. The van der Waals surface area contributed by atoms with E-state index in [-0.39, 0.29) is 11.9 Å². The summed E-state index contributed by atoms with van der Waals surface area (Å²) in [5.41, 5.74) is 1.26. The van der Waals surface area contributed by atoms with Crippen molar-refractivity contribution in [2.24, 2.45) is 0 Å². The van der Waals surface area contributed by atoms with Gasteiger partial charge in [0.05, 0.1) is 6.61 Å². The first-order chi connectivity index (χ1) is 16.7. The third-order valence-electron chi connectivity index (χ3n) is 6.35. The summed E-state index contributed by atoms with van der Waals surface area (Å²) in [5.74, 6) is -0.153. The predicted molar refractivity (Wildman–Crippen MR) is 143 cm³/mol. The van der Waals surface area contributed by atoms with Gasteiger partial charge in [0.2, 0.25) is 5.91 Å². The number of benzene rings is 1. The summed E-state index contributed by atoms with van der Waals surface area (Å²) in [4.78, 5) is 23.7. The van der Waals surface area contributed by atoms with Crippen LogP contribution in [0.5, 0.6) is 0 Å². The highest BCUT2D eigenvalue weighted by molar-refractivity contribution is 5.76. The molecule has 1 amide bonds. The second kappa shape index (κ2) is 22.9. The van der Waals surface area contributed by atoms with E-state index in [9.17, 15) is 9.59 Å². The molecule has 194 valence electrons.